The predicted molar refractivity (Wildman–Crippen MR) is 90.6 cm³/mol. The van der Waals surface area contributed by atoms with Crippen LogP contribution in [-0.2, 0) is 4.79 Å². The second-order valence-corrected chi connectivity index (χ2v) is 5.57. The van der Waals surface area contributed by atoms with Gasteiger partial charge >= 0.3 is 0 Å². The summed E-state index contributed by atoms with van der Waals surface area (Å²) >= 11 is 0. The third-order valence-corrected chi connectivity index (χ3v) is 3.77. The van der Waals surface area contributed by atoms with Crippen molar-refractivity contribution >= 4 is 17.7 Å². The van der Waals surface area contributed by atoms with Crippen molar-refractivity contribution in [1.29, 1.82) is 0 Å². The molecule has 0 bridgehead atoms. The first-order valence-electron chi connectivity index (χ1n) is 7.81. The van der Waals surface area contributed by atoms with Crippen LogP contribution in [0.3, 0.4) is 0 Å². The number of hydrogen-bond donors (Lipinski definition) is 2. The second-order valence-electron chi connectivity index (χ2n) is 5.57. The zero-order valence-electron chi connectivity index (χ0n) is 12.9. The SMILES string of the molecule is C=CCOc1ccc(/C=C\C(=O)NC2CCCCC2)cc1N. The van der Waals surface area contributed by atoms with Crippen LogP contribution in [0.25, 0.3) is 6.08 Å². The average molecular weight is 300 g/mol. The van der Waals surface area contributed by atoms with Gasteiger partial charge in [-0.1, -0.05) is 38.0 Å². The zero-order valence-corrected chi connectivity index (χ0v) is 12.9. The molecule has 0 aromatic heterocycles. The van der Waals surface area contributed by atoms with Gasteiger partial charge in [0.05, 0.1) is 5.69 Å². The van der Waals surface area contributed by atoms with E-state index in [9.17, 15) is 4.79 Å². The molecule has 118 valence electrons. The minimum atomic E-state index is -0.0440. The Labute approximate surface area is 132 Å². The van der Waals surface area contributed by atoms with Gasteiger partial charge < -0.3 is 15.8 Å². The Bertz CT molecular complexity index is 546. The lowest BCUT2D eigenvalue weighted by atomic mass is 9.95. The maximum atomic E-state index is 11.9. The molecule has 3 N–H and O–H groups in total. The van der Waals surface area contributed by atoms with E-state index < -0.39 is 0 Å². The molecule has 0 aliphatic heterocycles. The first kappa shape index (κ1) is 16.1. The average Bonchev–Trinajstić information content (AvgIpc) is 2.53. The Morgan fingerprint density at radius 3 is 2.82 bits per heavy atom. The molecule has 0 unspecified atom stereocenters. The fourth-order valence-corrected chi connectivity index (χ4v) is 2.62. The Balaban J connectivity index is 1.90. The van der Waals surface area contributed by atoms with Crippen molar-refractivity contribution in [2.24, 2.45) is 0 Å². The molecule has 1 saturated carbocycles. The van der Waals surface area contributed by atoms with Gasteiger partial charge in [0, 0.05) is 12.1 Å². The van der Waals surface area contributed by atoms with Gasteiger partial charge in [-0.05, 0) is 36.6 Å². The van der Waals surface area contributed by atoms with Crippen LogP contribution in [0.2, 0.25) is 0 Å². The molecule has 1 aliphatic rings. The first-order chi connectivity index (χ1) is 10.7. The minimum Gasteiger partial charge on any atom is -0.487 e. The molecule has 0 heterocycles. The van der Waals surface area contributed by atoms with E-state index in [0.29, 0.717) is 24.1 Å². The maximum Gasteiger partial charge on any atom is 0.244 e. The van der Waals surface area contributed by atoms with Crippen LogP contribution >= 0.6 is 0 Å². The van der Waals surface area contributed by atoms with Gasteiger partial charge in [-0.25, -0.2) is 0 Å². The van der Waals surface area contributed by atoms with Gasteiger partial charge in [0.2, 0.25) is 5.91 Å². The standard InChI is InChI=1S/C18H24N2O2/c1-2-12-22-17-10-8-14(13-16(17)19)9-11-18(21)20-15-6-4-3-5-7-15/h2,8-11,13,15H,1,3-7,12,19H2,(H,20,21)/b11-9-. The van der Waals surface area contributed by atoms with Crippen molar-refractivity contribution < 1.29 is 9.53 Å². The number of benzene rings is 1. The molecule has 22 heavy (non-hydrogen) atoms. The summed E-state index contributed by atoms with van der Waals surface area (Å²) in [7, 11) is 0. The molecule has 2 rings (SSSR count). The minimum absolute atomic E-state index is 0.0440. The number of nitrogen functional groups attached to an aromatic ring is 1. The van der Waals surface area contributed by atoms with Crippen molar-refractivity contribution in [2.75, 3.05) is 12.3 Å². The third-order valence-electron chi connectivity index (χ3n) is 3.77. The highest BCUT2D eigenvalue weighted by molar-refractivity contribution is 5.92. The van der Waals surface area contributed by atoms with Crippen LogP contribution in [-0.4, -0.2) is 18.6 Å². The molecule has 1 amide bonds. The Morgan fingerprint density at radius 2 is 2.14 bits per heavy atom. The number of rotatable bonds is 6. The van der Waals surface area contributed by atoms with Crippen LogP contribution < -0.4 is 15.8 Å². The summed E-state index contributed by atoms with van der Waals surface area (Å²) in [5.74, 6) is 0.584. The summed E-state index contributed by atoms with van der Waals surface area (Å²) in [6.07, 6.45) is 10.9. The number of hydrogen-bond acceptors (Lipinski definition) is 3. The molecule has 4 heteroatoms. The van der Waals surface area contributed by atoms with E-state index in [1.54, 1.807) is 30.4 Å². The number of anilines is 1. The van der Waals surface area contributed by atoms with Crippen molar-refractivity contribution in [3.63, 3.8) is 0 Å². The Morgan fingerprint density at radius 1 is 1.36 bits per heavy atom. The summed E-state index contributed by atoms with van der Waals surface area (Å²) in [6, 6.07) is 5.80. The van der Waals surface area contributed by atoms with Crippen LogP contribution in [0, 0.1) is 0 Å². The third kappa shape index (κ3) is 4.95. The van der Waals surface area contributed by atoms with Crippen molar-refractivity contribution in [3.05, 3.63) is 42.5 Å². The van der Waals surface area contributed by atoms with E-state index >= 15 is 0 Å². The van der Waals surface area contributed by atoms with E-state index in [0.717, 1.165) is 18.4 Å². The molecule has 0 atom stereocenters. The molecule has 0 saturated heterocycles. The molecule has 4 nitrogen and oxygen atoms in total. The fraction of sp³-hybridized carbons (Fsp3) is 0.389. The van der Waals surface area contributed by atoms with Gasteiger partial charge in [0.1, 0.15) is 12.4 Å². The normalized spacial score (nSPS) is 15.6. The van der Waals surface area contributed by atoms with Crippen LogP contribution in [0.4, 0.5) is 5.69 Å². The number of nitrogens with one attached hydrogen (secondary N) is 1. The van der Waals surface area contributed by atoms with Crippen molar-refractivity contribution in [2.45, 2.75) is 38.1 Å². The largest absolute Gasteiger partial charge is 0.487 e. The number of nitrogens with two attached hydrogens (primary N) is 1. The van der Waals surface area contributed by atoms with Gasteiger partial charge in [-0.3, -0.25) is 4.79 Å². The summed E-state index contributed by atoms with van der Waals surface area (Å²) in [5, 5.41) is 3.05. The van der Waals surface area contributed by atoms with E-state index in [1.807, 2.05) is 6.07 Å². The summed E-state index contributed by atoms with van der Waals surface area (Å²) < 4.78 is 5.42. The molecular weight excluding hydrogens is 276 g/mol. The molecule has 0 radical (unpaired) electrons. The lowest BCUT2D eigenvalue weighted by molar-refractivity contribution is -0.117. The highest BCUT2D eigenvalue weighted by atomic mass is 16.5. The molecule has 1 aromatic carbocycles. The highest BCUT2D eigenvalue weighted by Crippen LogP contribution is 2.23. The number of carbonyl (C=O) groups is 1. The number of amides is 1. The van der Waals surface area contributed by atoms with Gasteiger partial charge in [0.15, 0.2) is 0 Å². The van der Waals surface area contributed by atoms with Crippen LogP contribution in [0.5, 0.6) is 5.75 Å². The van der Waals surface area contributed by atoms with Crippen molar-refractivity contribution in [3.8, 4) is 5.75 Å². The van der Waals surface area contributed by atoms with Gasteiger partial charge in [0.25, 0.3) is 0 Å². The van der Waals surface area contributed by atoms with Gasteiger partial charge in [-0.15, -0.1) is 0 Å². The smallest absolute Gasteiger partial charge is 0.244 e. The Hall–Kier alpha value is -2.23. The van der Waals surface area contributed by atoms with Crippen LogP contribution in [0.15, 0.2) is 36.9 Å². The lowest BCUT2D eigenvalue weighted by Crippen LogP contribution is -2.34. The Kier molecular flexibility index (Phi) is 6.07. The lowest BCUT2D eigenvalue weighted by Gasteiger charge is -2.21. The monoisotopic (exact) mass is 300 g/mol. The highest BCUT2D eigenvalue weighted by Gasteiger charge is 2.14. The number of carbonyl (C=O) groups excluding carboxylic acids is 1. The van der Waals surface area contributed by atoms with Crippen LogP contribution in [0.1, 0.15) is 37.7 Å². The van der Waals surface area contributed by atoms with E-state index in [4.69, 9.17) is 10.5 Å². The predicted octanol–water partition coefficient (Wildman–Crippen LogP) is 3.30. The fourth-order valence-electron chi connectivity index (χ4n) is 2.62. The molecule has 1 aliphatic carbocycles. The quantitative estimate of drug-likeness (QED) is 0.481. The number of ether oxygens (including phenoxy) is 1. The van der Waals surface area contributed by atoms with E-state index in [-0.39, 0.29) is 5.91 Å². The summed E-state index contributed by atoms with van der Waals surface area (Å²) in [5.41, 5.74) is 7.35. The molecule has 1 fully saturated rings. The van der Waals surface area contributed by atoms with E-state index in [2.05, 4.69) is 11.9 Å². The molecule has 1 aromatic rings. The maximum absolute atomic E-state index is 11.9. The zero-order chi connectivity index (χ0) is 15.8. The molecular formula is C18H24N2O2. The summed E-state index contributed by atoms with van der Waals surface area (Å²) in [4.78, 5) is 11.9. The topological polar surface area (TPSA) is 64.3 Å². The van der Waals surface area contributed by atoms with E-state index in [1.165, 1.54) is 19.3 Å². The summed E-state index contributed by atoms with van der Waals surface area (Å²) in [6.45, 7) is 4.02. The second kappa shape index (κ2) is 8.27. The van der Waals surface area contributed by atoms with Gasteiger partial charge in [-0.2, -0.15) is 0 Å². The first-order valence-corrected chi connectivity index (χ1v) is 7.81. The molecule has 0 spiro atoms. The van der Waals surface area contributed by atoms with Crippen molar-refractivity contribution in [1.82, 2.24) is 5.32 Å².